The van der Waals surface area contributed by atoms with E-state index in [2.05, 4.69) is 25.7 Å². The first kappa shape index (κ1) is 14.0. The first-order valence-electron chi connectivity index (χ1n) is 6.95. The smallest absolute Gasteiger partial charge is 0.156 e. The summed E-state index contributed by atoms with van der Waals surface area (Å²) in [5.74, 6) is 8.08. The predicted octanol–water partition coefficient (Wildman–Crippen LogP) is 4.13. The largest absolute Gasteiger partial charge is 0.295 e. The van der Waals surface area contributed by atoms with E-state index in [1.165, 1.54) is 12.8 Å². The summed E-state index contributed by atoms with van der Waals surface area (Å²) in [5, 5.41) is 0. The second-order valence-corrected chi connectivity index (χ2v) is 4.95. The van der Waals surface area contributed by atoms with Crippen LogP contribution in [-0.2, 0) is 4.79 Å². The molecule has 0 aliphatic heterocycles. The summed E-state index contributed by atoms with van der Waals surface area (Å²) >= 11 is 0. The molecule has 1 rings (SSSR count). The zero-order valence-corrected chi connectivity index (χ0v) is 11.2. The quantitative estimate of drug-likeness (QED) is 0.366. The third-order valence-corrected chi connectivity index (χ3v) is 3.44. The van der Waals surface area contributed by atoms with E-state index in [9.17, 15) is 4.79 Å². The molecule has 1 nitrogen and oxygen atoms in total. The van der Waals surface area contributed by atoms with Crippen LogP contribution in [0.15, 0.2) is 12.2 Å². The van der Waals surface area contributed by atoms with Crippen LogP contribution < -0.4 is 0 Å². The van der Waals surface area contributed by atoms with Crippen molar-refractivity contribution in [3.8, 4) is 11.8 Å². The Hall–Kier alpha value is -1.03. The highest BCUT2D eigenvalue weighted by molar-refractivity contribution is 5.89. The summed E-state index contributed by atoms with van der Waals surface area (Å²) < 4.78 is 0. The summed E-state index contributed by atoms with van der Waals surface area (Å²) in [6.07, 6.45) is 11.0. The summed E-state index contributed by atoms with van der Waals surface area (Å²) in [6, 6.07) is 0. The fraction of sp³-hybridized carbons (Fsp3) is 0.688. The molecule has 1 saturated carbocycles. The van der Waals surface area contributed by atoms with Crippen LogP contribution in [-0.4, -0.2) is 5.78 Å². The number of carbonyl (C=O) groups is 1. The molecule has 0 aromatic rings. The summed E-state index contributed by atoms with van der Waals surface area (Å²) in [6.45, 7) is 4.39. The number of allylic oxidation sites excluding steroid dienone is 2. The Bertz CT molecular complexity index is 316. The van der Waals surface area contributed by atoms with Crippen LogP contribution in [0.5, 0.6) is 0 Å². The van der Waals surface area contributed by atoms with Gasteiger partial charge in [-0.25, -0.2) is 0 Å². The van der Waals surface area contributed by atoms with Gasteiger partial charge in [-0.2, -0.15) is 0 Å². The van der Waals surface area contributed by atoms with Crippen molar-refractivity contribution in [2.45, 2.75) is 58.8 Å². The van der Waals surface area contributed by atoms with Crippen molar-refractivity contribution in [1.82, 2.24) is 0 Å². The first-order chi connectivity index (χ1) is 8.27. The molecule has 1 heteroatoms. The lowest BCUT2D eigenvalue weighted by atomic mass is 10.1. The topological polar surface area (TPSA) is 17.1 Å². The molecule has 2 atom stereocenters. The van der Waals surface area contributed by atoms with E-state index in [-0.39, 0.29) is 5.78 Å². The van der Waals surface area contributed by atoms with E-state index in [0.717, 1.165) is 37.5 Å². The van der Waals surface area contributed by atoms with Gasteiger partial charge in [0.1, 0.15) is 0 Å². The van der Waals surface area contributed by atoms with Gasteiger partial charge in [-0.3, -0.25) is 4.79 Å². The molecule has 94 valence electrons. The van der Waals surface area contributed by atoms with Gasteiger partial charge in [-0.1, -0.05) is 45.0 Å². The third kappa shape index (κ3) is 6.31. The van der Waals surface area contributed by atoms with Crippen LogP contribution in [0.1, 0.15) is 58.8 Å². The van der Waals surface area contributed by atoms with Crippen LogP contribution in [0, 0.1) is 23.7 Å². The Labute approximate surface area is 106 Å². The lowest BCUT2D eigenvalue weighted by Crippen LogP contribution is -1.91. The molecule has 0 spiro atoms. The van der Waals surface area contributed by atoms with E-state index in [1.807, 2.05) is 0 Å². The lowest BCUT2D eigenvalue weighted by Gasteiger charge is -1.92. The average molecular weight is 232 g/mol. The second kappa shape index (κ2) is 8.12. The van der Waals surface area contributed by atoms with Gasteiger partial charge in [0.25, 0.3) is 0 Å². The molecule has 0 N–H and O–H groups in total. The number of hydrogen-bond donors (Lipinski definition) is 0. The van der Waals surface area contributed by atoms with Gasteiger partial charge in [0, 0.05) is 12.8 Å². The molecule has 17 heavy (non-hydrogen) atoms. The Morgan fingerprint density at radius 3 is 2.76 bits per heavy atom. The SMILES string of the molecule is CCCCCC(=O)/C=C/C#CCC1CC1CC. The molecule has 1 aliphatic rings. The fourth-order valence-electron chi connectivity index (χ4n) is 2.08. The molecule has 2 unspecified atom stereocenters. The van der Waals surface area contributed by atoms with Gasteiger partial charge in [-0.05, 0) is 36.8 Å². The van der Waals surface area contributed by atoms with Gasteiger partial charge in [0.05, 0.1) is 0 Å². The molecule has 0 saturated heterocycles. The molecular formula is C16H24O. The molecule has 0 bridgehead atoms. The number of hydrogen-bond acceptors (Lipinski definition) is 1. The normalized spacial score (nSPS) is 22.2. The van der Waals surface area contributed by atoms with E-state index in [1.54, 1.807) is 12.2 Å². The van der Waals surface area contributed by atoms with Crippen molar-refractivity contribution in [1.29, 1.82) is 0 Å². The standard InChI is InChI=1S/C16H24O/c1-3-5-7-11-16(17)12-9-6-8-10-15-13-14(15)4-2/h9,12,14-15H,3-5,7,10-11,13H2,1-2H3/b12-9+. The summed E-state index contributed by atoms with van der Waals surface area (Å²) in [7, 11) is 0. The zero-order chi connectivity index (χ0) is 12.5. The third-order valence-electron chi connectivity index (χ3n) is 3.44. The zero-order valence-electron chi connectivity index (χ0n) is 11.2. The highest BCUT2D eigenvalue weighted by atomic mass is 16.1. The van der Waals surface area contributed by atoms with Crippen LogP contribution in [0.25, 0.3) is 0 Å². The minimum Gasteiger partial charge on any atom is -0.295 e. The number of ketones is 1. The van der Waals surface area contributed by atoms with Gasteiger partial charge >= 0.3 is 0 Å². The van der Waals surface area contributed by atoms with Gasteiger partial charge in [-0.15, -0.1) is 0 Å². The molecule has 0 aromatic carbocycles. The van der Waals surface area contributed by atoms with Crippen molar-refractivity contribution in [2.24, 2.45) is 11.8 Å². The number of rotatable bonds is 7. The minimum atomic E-state index is 0.214. The van der Waals surface area contributed by atoms with E-state index in [0.29, 0.717) is 6.42 Å². The monoisotopic (exact) mass is 232 g/mol. The maximum Gasteiger partial charge on any atom is 0.156 e. The van der Waals surface area contributed by atoms with Crippen molar-refractivity contribution in [2.75, 3.05) is 0 Å². The number of unbranched alkanes of at least 4 members (excludes halogenated alkanes) is 2. The molecule has 1 aliphatic carbocycles. The predicted molar refractivity (Wildman–Crippen MR) is 72.6 cm³/mol. The average Bonchev–Trinajstić information content (AvgIpc) is 3.08. The number of carbonyl (C=O) groups excluding carboxylic acids is 1. The Morgan fingerprint density at radius 2 is 2.12 bits per heavy atom. The van der Waals surface area contributed by atoms with E-state index in [4.69, 9.17) is 0 Å². The molecule has 0 aromatic heterocycles. The highest BCUT2D eigenvalue weighted by Crippen LogP contribution is 2.43. The first-order valence-corrected chi connectivity index (χ1v) is 6.95. The molecular weight excluding hydrogens is 208 g/mol. The lowest BCUT2D eigenvalue weighted by molar-refractivity contribution is -0.114. The van der Waals surface area contributed by atoms with Crippen LogP contribution in [0.2, 0.25) is 0 Å². The van der Waals surface area contributed by atoms with Crippen LogP contribution >= 0.6 is 0 Å². The summed E-state index contributed by atoms with van der Waals surface area (Å²) in [5.41, 5.74) is 0. The summed E-state index contributed by atoms with van der Waals surface area (Å²) in [4.78, 5) is 11.4. The van der Waals surface area contributed by atoms with E-state index < -0.39 is 0 Å². The van der Waals surface area contributed by atoms with Crippen molar-refractivity contribution < 1.29 is 4.79 Å². The van der Waals surface area contributed by atoms with Crippen molar-refractivity contribution in [3.05, 3.63) is 12.2 Å². The van der Waals surface area contributed by atoms with Crippen LogP contribution in [0.4, 0.5) is 0 Å². The van der Waals surface area contributed by atoms with Crippen LogP contribution in [0.3, 0.4) is 0 Å². The Kier molecular flexibility index (Phi) is 6.70. The molecule has 0 amide bonds. The van der Waals surface area contributed by atoms with Crippen molar-refractivity contribution in [3.63, 3.8) is 0 Å². The van der Waals surface area contributed by atoms with Crippen molar-refractivity contribution >= 4 is 5.78 Å². The van der Waals surface area contributed by atoms with Gasteiger partial charge < -0.3 is 0 Å². The maximum atomic E-state index is 11.4. The molecule has 0 radical (unpaired) electrons. The second-order valence-electron chi connectivity index (χ2n) is 4.95. The fourth-order valence-corrected chi connectivity index (χ4v) is 2.08. The molecule has 1 fully saturated rings. The minimum absolute atomic E-state index is 0.214. The Balaban J connectivity index is 2.08. The van der Waals surface area contributed by atoms with Gasteiger partial charge in [0.2, 0.25) is 0 Å². The molecule has 0 heterocycles. The highest BCUT2D eigenvalue weighted by Gasteiger charge is 2.33. The Morgan fingerprint density at radius 1 is 1.29 bits per heavy atom. The van der Waals surface area contributed by atoms with Gasteiger partial charge in [0.15, 0.2) is 5.78 Å². The maximum absolute atomic E-state index is 11.4. The van der Waals surface area contributed by atoms with E-state index >= 15 is 0 Å².